The Hall–Kier alpha value is -2.62. The van der Waals surface area contributed by atoms with Crippen molar-refractivity contribution in [2.45, 2.75) is 46.2 Å². The van der Waals surface area contributed by atoms with E-state index in [0.29, 0.717) is 6.04 Å². The molecule has 0 aliphatic carbocycles. The molecule has 0 unspecified atom stereocenters. The normalized spacial score (nSPS) is 12.6. The summed E-state index contributed by atoms with van der Waals surface area (Å²) < 4.78 is 4.42. The van der Waals surface area contributed by atoms with Gasteiger partial charge in [-0.3, -0.25) is 0 Å². The van der Waals surface area contributed by atoms with Crippen LogP contribution in [0.2, 0.25) is 0 Å². The van der Waals surface area contributed by atoms with Crippen molar-refractivity contribution in [1.29, 1.82) is 0 Å². The molecular weight excluding hydrogens is 308 g/mol. The molecule has 0 aliphatic rings. The Bertz CT molecular complexity index is 1060. The molecule has 0 aliphatic heterocycles. The van der Waals surface area contributed by atoms with E-state index >= 15 is 0 Å². The zero-order valence-electron chi connectivity index (χ0n) is 15.5. The molecule has 4 nitrogen and oxygen atoms in total. The average molecular weight is 332 g/mol. The minimum atomic E-state index is 0.0243. The van der Waals surface area contributed by atoms with Gasteiger partial charge in [0.05, 0.1) is 0 Å². The van der Waals surface area contributed by atoms with Crippen molar-refractivity contribution in [3.63, 3.8) is 0 Å². The molecule has 4 heteroatoms. The zero-order valence-corrected chi connectivity index (χ0v) is 15.5. The molecule has 0 saturated heterocycles. The van der Waals surface area contributed by atoms with Crippen LogP contribution >= 0.6 is 0 Å². The number of fused-ring (bicyclic) bond motifs is 2. The molecule has 4 aromatic rings. The summed E-state index contributed by atoms with van der Waals surface area (Å²) >= 11 is 0. The fourth-order valence-corrected chi connectivity index (χ4v) is 3.34. The first-order valence-corrected chi connectivity index (χ1v) is 8.79. The van der Waals surface area contributed by atoms with Gasteiger partial charge in [-0.2, -0.15) is 0 Å². The van der Waals surface area contributed by atoms with Gasteiger partial charge in [0.15, 0.2) is 0 Å². The van der Waals surface area contributed by atoms with Crippen molar-refractivity contribution < 1.29 is 0 Å². The van der Waals surface area contributed by atoms with Gasteiger partial charge in [0.2, 0.25) is 0 Å². The van der Waals surface area contributed by atoms with Crippen molar-refractivity contribution in [3.8, 4) is 11.1 Å². The summed E-state index contributed by atoms with van der Waals surface area (Å²) in [5.74, 6) is 0. The second-order valence-corrected chi connectivity index (χ2v) is 7.95. The average Bonchev–Trinajstić information content (AvgIpc) is 3.17. The van der Waals surface area contributed by atoms with Crippen LogP contribution in [0, 0.1) is 0 Å². The van der Waals surface area contributed by atoms with Gasteiger partial charge in [0.1, 0.15) is 11.3 Å². The molecule has 0 amide bonds. The van der Waals surface area contributed by atoms with Gasteiger partial charge in [-0.25, -0.2) is 9.97 Å². The minimum absolute atomic E-state index is 0.0243. The molecule has 128 valence electrons. The van der Waals surface area contributed by atoms with Crippen LogP contribution in [0.5, 0.6) is 0 Å². The van der Waals surface area contributed by atoms with Crippen LogP contribution in [0.25, 0.3) is 33.2 Å². The van der Waals surface area contributed by atoms with Crippen LogP contribution in [0.1, 0.15) is 40.7 Å². The fourth-order valence-electron chi connectivity index (χ4n) is 3.34. The molecule has 0 fully saturated rings. The van der Waals surface area contributed by atoms with Gasteiger partial charge in [0.25, 0.3) is 0 Å². The lowest BCUT2D eigenvalue weighted by molar-refractivity contribution is 0.408. The molecule has 0 aromatic carbocycles. The molecule has 0 saturated carbocycles. The lowest BCUT2D eigenvalue weighted by Crippen LogP contribution is -2.20. The van der Waals surface area contributed by atoms with Crippen molar-refractivity contribution in [1.82, 2.24) is 19.1 Å². The SMILES string of the molecule is CC(C)n1ccc2cc(-c3cnc4c(ccn4C(C)(C)C)c3)cnc21. The van der Waals surface area contributed by atoms with Gasteiger partial charge >= 0.3 is 0 Å². The number of pyridine rings is 2. The van der Waals surface area contributed by atoms with Gasteiger partial charge in [-0.15, -0.1) is 0 Å². The molecule has 4 rings (SSSR count). The molecular formula is C21H24N4. The predicted molar refractivity (Wildman–Crippen MR) is 104 cm³/mol. The Morgan fingerprint density at radius 3 is 2.00 bits per heavy atom. The number of aromatic nitrogens is 4. The fraction of sp³-hybridized carbons (Fsp3) is 0.333. The Kier molecular flexibility index (Phi) is 3.46. The first-order valence-electron chi connectivity index (χ1n) is 8.79. The molecule has 0 atom stereocenters. The highest BCUT2D eigenvalue weighted by Crippen LogP contribution is 2.28. The van der Waals surface area contributed by atoms with E-state index in [9.17, 15) is 0 Å². The molecule has 0 N–H and O–H groups in total. The van der Waals surface area contributed by atoms with E-state index in [1.807, 2.05) is 12.4 Å². The van der Waals surface area contributed by atoms with E-state index in [0.717, 1.165) is 27.8 Å². The first-order chi connectivity index (χ1) is 11.8. The van der Waals surface area contributed by atoms with Crippen molar-refractivity contribution in [2.24, 2.45) is 0 Å². The molecule has 25 heavy (non-hydrogen) atoms. The van der Waals surface area contributed by atoms with E-state index < -0.39 is 0 Å². The van der Waals surface area contributed by atoms with Crippen molar-refractivity contribution in [3.05, 3.63) is 49.1 Å². The van der Waals surface area contributed by atoms with Crippen LogP contribution < -0.4 is 0 Å². The summed E-state index contributed by atoms with van der Waals surface area (Å²) in [6, 6.07) is 9.08. The number of hydrogen-bond donors (Lipinski definition) is 0. The highest BCUT2D eigenvalue weighted by Gasteiger charge is 2.16. The van der Waals surface area contributed by atoms with Gasteiger partial charge in [-0.05, 0) is 58.9 Å². The molecule has 4 aromatic heterocycles. The van der Waals surface area contributed by atoms with Crippen LogP contribution in [-0.2, 0) is 5.54 Å². The molecule has 0 radical (unpaired) electrons. The summed E-state index contributed by atoms with van der Waals surface area (Å²) in [5.41, 5.74) is 4.29. The van der Waals surface area contributed by atoms with Gasteiger partial charge in [-0.1, -0.05) is 0 Å². The summed E-state index contributed by atoms with van der Waals surface area (Å²) in [6.45, 7) is 10.9. The van der Waals surface area contributed by atoms with E-state index in [2.05, 4.69) is 80.4 Å². The van der Waals surface area contributed by atoms with E-state index in [1.165, 1.54) is 5.39 Å². The van der Waals surface area contributed by atoms with Crippen LogP contribution in [0.4, 0.5) is 0 Å². The summed E-state index contributed by atoms with van der Waals surface area (Å²) in [7, 11) is 0. The lowest BCUT2D eigenvalue weighted by atomic mass is 10.1. The highest BCUT2D eigenvalue weighted by atomic mass is 15.1. The summed E-state index contributed by atoms with van der Waals surface area (Å²) in [6.07, 6.45) is 8.13. The standard InChI is InChI=1S/C21H24N4/c1-14(2)24-8-6-15-10-17(12-22-19(15)24)18-11-16-7-9-25(21(3,4)5)20(16)23-13-18/h6-14H,1-5H3. The third-order valence-electron chi connectivity index (χ3n) is 4.69. The maximum Gasteiger partial charge on any atom is 0.140 e. The molecule has 0 spiro atoms. The summed E-state index contributed by atoms with van der Waals surface area (Å²) in [4.78, 5) is 9.42. The third-order valence-corrected chi connectivity index (χ3v) is 4.69. The highest BCUT2D eigenvalue weighted by molar-refractivity contribution is 5.86. The minimum Gasteiger partial charge on any atom is -0.330 e. The smallest absolute Gasteiger partial charge is 0.140 e. The number of hydrogen-bond acceptors (Lipinski definition) is 2. The maximum absolute atomic E-state index is 4.73. The van der Waals surface area contributed by atoms with E-state index in [4.69, 9.17) is 9.97 Å². The second-order valence-electron chi connectivity index (χ2n) is 7.95. The Morgan fingerprint density at radius 2 is 1.40 bits per heavy atom. The van der Waals surface area contributed by atoms with Gasteiger partial charge < -0.3 is 9.13 Å². The van der Waals surface area contributed by atoms with Crippen LogP contribution in [-0.4, -0.2) is 19.1 Å². The lowest BCUT2D eigenvalue weighted by Gasteiger charge is -2.21. The monoisotopic (exact) mass is 332 g/mol. The third kappa shape index (κ3) is 2.62. The van der Waals surface area contributed by atoms with E-state index in [-0.39, 0.29) is 5.54 Å². The largest absolute Gasteiger partial charge is 0.330 e. The topological polar surface area (TPSA) is 35.6 Å². The molecule has 4 heterocycles. The summed E-state index contributed by atoms with van der Waals surface area (Å²) in [5, 5.41) is 2.32. The maximum atomic E-state index is 4.73. The Morgan fingerprint density at radius 1 is 0.840 bits per heavy atom. The van der Waals surface area contributed by atoms with Crippen LogP contribution in [0.3, 0.4) is 0 Å². The number of nitrogens with zero attached hydrogens (tertiary/aromatic N) is 4. The van der Waals surface area contributed by atoms with E-state index in [1.54, 1.807) is 0 Å². The zero-order chi connectivity index (χ0) is 17.8. The second kappa shape index (κ2) is 5.45. The number of rotatable bonds is 2. The predicted octanol–water partition coefficient (Wildman–Crippen LogP) is 5.39. The Balaban J connectivity index is 1.80. The Labute approximate surface area is 148 Å². The first kappa shape index (κ1) is 15.9. The van der Waals surface area contributed by atoms with Crippen molar-refractivity contribution in [2.75, 3.05) is 0 Å². The van der Waals surface area contributed by atoms with Crippen LogP contribution in [0.15, 0.2) is 49.1 Å². The quantitative estimate of drug-likeness (QED) is 0.493. The van der Waals surface area contributed by atoms with Crippen molar-refractivity contribution >= 4 is 22.1 Å². The molecule has 0 bridgehead atoms. The van der Waals surface area contributed by atoms with Gasteiger partial charge in [0, 0.05) is 58.3 Å².